The molecular formula is C16H20F2N2O3. The number of anilines is 1. The normalized spacial score (nSPS) is 10.4. The molecule has 23 heavy (non-hydrogen) atoms. The van der Waals surface area contributed by atoms with Crippen LogP contribution in [-0.4, -0.2) is 47.9 Å². The molecule has 0 atom stereocenters. The number of aliphatic hydroxyl groups is 1. The Labute approximate surface area is 133 Å². The van der Waals surface area contributed by atoms with Crippen molar-refractivity contribution >= 4 is 17.5 Å². The minimum Gasteiger partial charge on any atom is -0.395 e. The number of rotatable bonds is 9. The fourth-order valence-electron chi connectivity index (χ4n) is 1.96. The van der Waals surface area contributed by atoms with Crippen LogP contribution in [0.3, 0.4) is 0 Å². The van der Waals surface area contributed by atoms with Gasteiger partial charge in [0.1, 0.15) is 0 Å². The first kappa shape index (κ1) is 18.8. The van der Waals surface area contributed by atoms with Gasteiger partial charge in [-0.2, -0.15) is 0 Å². The number of aliphatic hydroxyl groups excluding tert-OH is 1. The molecule has 126 valence electrons. The number of halogens is 2. The monoisotopic (exact) mass is 326 g/mol. The Balaban J connectivity index is 2.54. The number of nitrogens with zero attached hydrogens (tertiary/aromatic N) is 1. The standard InChI is InChI=1S/C16H20F2N2O3/c1-2-15(22)19-13-6-3-12(4-7-13)5-8-16(23)20(9-10-21)11-14(17)18/h2-4,6-7,14,21H,1,5,8-11H2,(H,19,22). The van der Waals surface area contributed by atoms with Crippen LogP contribution in [0.5, 0.6) is 0 Å². The van der Waals surface area contributed by atoms with Crippen molar-refractivity contribution in [1.82, 2.24) is 4.90 Å². The average Bonchev–Trinajstić information content (AvgIpc) is 2.53. The first-order valence-electron chi connectivity index (χ1n) is 7.15. The second-order valence-corrected chi connectivity index (χ2v) is 4.84. The van der Waals surface area contributed by atoms with E-state index < -0.39 is 18.9 Å². The summed E-state index contributed by atoms with van der Waals surface area (Å²) in [5, 5.41) is 11.4. The van der Waals surface area contributed by atoms with Gasteiger partial charge in [-0.05, 0) is 30.2 Å². The van der Waals surface area contributed by atoms with Gasteiger partial charge in [0.15, 0.2) is 0 Å². The first-order chi connectivity index (χ1) is 11.0. The Hall–Kier alpha value is -2.28. The van der Waals surface area contributed by atoms with Crippen LogP contribution in [0.4, 0.5) is 14.5 Å². The molecule has 1 rings (SSSR count). The van der Waals surface area contributed by atoms with E-state index in [1.165, 1.54) is 0 Å². The number of carbonyl (C=O) groups excluding carboxylic acids is 2. The zero-order chi connectivity index (χ0) is 17.2. The Morgan fingerprint density at radius 2 is 1.96 bits per heavy atom. The Morgan fingerprint density at radius 3 is 2.48 bits per heavy atom. The first-order valence-corrected chi connectivity index (χ1v) is 7.15. The van der Waals surface area contributed by atoms with Crippen LogP contribution in [0, 0.1) is 0 Å². The van der Waals surface area contributed by atoms with Crippen LogP contribution in [0.1, 0.15) is 12.0 Å². The van der Waals surface area contributed by atoms with Gasteiger partial charge in [0.05, 0.1) is 13.2 Å². The molecule has 0 spiro atoms. The minimum atomic E-state index is -2.63. The van der Waals surface area contributed by atoms with Gasteiger partial charge < -0.3 is 15.3 Å². The summed E-state index contributed by atoms with van der Waals surface area (Å²) in [6, 6.07) is 6.86. The van der Waals surface area contributed by atoms with Crippen molar-refractivity contribution in [2.24, 2.45) is 0 Å². The van der Waals surface area contributed by atoms with Crippen LogP contribution in [-0.2, 0) is 16.0 Å². The quantitative estimate of drug-likeness (QED) is 0.680. The lowest BCUT2D eigenvalue weighted by molar-refractivity contribution is -0.133. The topological polar surface area (TPSA) is 69.6 Å². The average molecular weight is 326 g/mol. The molecule has 0 saturated carbocycles. The van der Waals surface area contributed by atoms with E-state index in [9.17, 15) is 18.4 Å². The van der Waals surface area contributed by atoms with Gasteiger partial charge in [-0.25, -0.2) is 8.78 Å². The van der Waals surface area contributed by atoms with Crippen molar-refractivity contribution < 1.29 is 23.5 Å². The van der Waals surface area contributed by atoms with Crippen molar-refractivity contribution in [3.05, 3.63) is 42.5 Å². The second-order valence-electron chi connectivity index (χ2n) is 4.84. The van der Waals surface area contributed by atoms with Crippen molar-refractivity contribution in [2.45, 2.75) is 19.3 Å². The number of amides is 2. The number of alkyl halides is 2. The molecule has 0 aliphatic carbocycles. The van der Waals surface area contributed by atoms with Gasteiger partial charge in [0, 0.05) is 18.7 Å². The number of nitrogens with one attached hydrogen (secondary N) is 1. The largest absolute Gasteiger partial charge is 0.395 e. The predicted octanol–water partition coefficient (Wildman–Crippen LogP) is 1.83. The molecule has 7 heteroatoms. The van der Waals surface area contributed by atoms with Gasteiger partial charge in [-0.1, -0.05) is 18.7 Å². The summed E-state index contributed by atoms with van der Waals surface area (Å²) < 4.78 is 24.8. The Kier molecular flexibility index (Phi) is 7.90. The fraction of sp³-hybridized carbons (Fsp3) is 0.375. The zero-order valence-electron chi connectivity index (χ0n) is 12.7. The Bertz CT molecular complexity index is 533. The summed E-state index contributed by atoms with van der Waals surface area (Å²) >= 11 is 0. The van der Waals surface area contributed by atoms with Crippen molar-refractivity contribution in [2.75, 3.05) is 25.0 Å². The van der Waals surface area contributed by atoms with Crippen LogP contribution in [0.15, 0.2) is 36.9 Å². The molecular weight excluding hydrogens is 306 g/mol. The highest BCUT2D eigenvalue weighted by molar-refractivity contribution is 5.98. The molecule has 0 bridgehead atoms. The number of benzene rings is 1. The summed E-state index contributed by atoms with van der Waals surface area (Å²) in [5.74, 6) is -0.747. The number of carbonyl (C=O) groups is 2. The van der Waals surface area contributed by atoms with E-state index in [1.54, 1.807) is 24.3 Å². The van der Waals surface area contributed by atoms with Gasteiger partial charge >= 0.3 is 0 Å². The van der Waals surface area contributed by atoms with E-state index in [0.717, 1.165) is 16.5 Å². The number of hydrogen-bond acceptors (Lipinski definition) is 3. The number of hydrogen-bond donors (Lipinski definition) is 2. The third-order valence-corrected chi connectivity index (χ3v) is 3.12. The maximum atomic E-state index is 12.4. The lowest BCUT2D eigenvalue weighted by Gasteiger charge is -2.21. The van der Waals surface area contributed by atoms with E-state index in [-0.39, 0.29) is 25.5 Å². The van der Waals surface area contributed by atoms with Crippen molar-refractivity contribution in [3.8, 4) is 0 Å². The molecule has 0 aliphatic heterocycles. The van der Waals surface area contributed by atoms with Crippen molar-refractivity contribution in [3.63, 3.8) is 0 Å². The SMILES string of the molecule is C=CC(=O)Nc1ccc(CCC(=O)N(CCO)CC(F)F)cc1. The number of aryl methyl sites for hydroxylation is 1. The molecule has 0 aliphatic rings. The molecule has 0 radical (unpaired) electrons. The maximum absolute atomic E-state index is 12.4. The van der Waals surface area contributed by atoms with E-state index in [1.807, 2.05) is 0 Å². The molecule has 2 amide bonds. The lowest BCUT2D eigenvalue weighted by atomic mass is 10.1. The summed E-state index contributed by atoms with van der Waals surface area (Å²) in [4.78, 5) is 24.0. The van der Waals surface area contributed by atoms with Gasteiger partial charge in [-0.15, -0.1) is 0 Å². The molecule has 0 heterocycles. The van der Waals surface area contributed by atoms with Crippen molar-refractivity contribution in [1.29, 1.82) is 0 Å². The smallest absolute Gasteiger partial charge is 0.255 e. The molecule has 0 saturated heterocycles. The predicted molar refractivity (Wildman–Crippen MR) is 83.3 cm³/mol. The molecule has 0 fully saturated rings. The highest BCUT2D eigenvalue weighted by atomic mass is 19.3. The van der Waals surface area contributed by atoms with Crippen LogP contribution >= 0.6 is 0 Å². The summed E-state index contributed by atoms with van der Waals surface area (Å²) in [5.41, 5.74) is 1.44. The maximum Gasteiger partial charge on any atom is 0.255 e. The zero-order valence-corrected chi connectivity index (χ0v) is 12.7. The van der Waals surface area contributed by atoms with E-state index in [2.05, 4.69) is 11.9 Å². The van der Waals surface area contributed by atoms with Crippen LogP contribution in [0.2, 0.25) is 0 Å². The molecule has 1 aromatic rings. The summed E-state index contributed by atoms with van der Waals surface area (Å²) in [6.07, 6.45) is -1.01. The summed E-state index contributed by atoms with van der Waals surface area (Å²) in [7, 11) is 0. The van der Waals surface area contributed by atoms with Crippen LogP contribution < -0.4 is 5.32 Å². The molecule has 0 unspecified atom stereocenters. The van der Waals surface area contributed by atoms with E-state index in [4.69, 9.17) is 5.11 Å². The lowest BCUT2D eigenvalue weighted by Crippen LogP contribution is -2.37. The van der Waals surface area contributed by atoms with E-state index in [0.29, 0.717) is 12.1 Å². The van der Waals surface area contributed by atoms with Gasteiger partial charge in [0.25, 0.3) is 6.43 Å². The minimum absolute atomic E-state index is 0.0745. The molecule has 1 aromatic carbocycles. The molecule has 5 nitrogen and oxygen atoms in total. The highest BCUT2D eigenvalue weighted by Gasteiger charge is 2.17. The fourth-order valence-corrected chi connectivity index (χ4v) is 1.96. The second kappa shape index (κ2) is 9.68. The Morgan fingerprint density at radius 1 is 1.30 bits per heavy atom. The molecule has 0 aromatic heterocycles. The van der Waals surface area contributed by atoms with Crippen LogP contribution in [0.25, 0.3) is 0 Å². The third-order valence-electron chi connectivity index (χ3n) is 3.12. The molecule has 2 N–H and O–H groups in total. The third kappa shape index (κ3) is 7.01. The van der Waals surface area contributed by atoms with E-state index >= 15 is 0 Å². The van der Waals surface area contributed by atoms with Gasteiger partial charge in [0.2, 0.25) is 11.8 Å². The van der Waals surface area contributed by atoms with Gasteiger partial charge in [-0.3, -0.25) is 9.59 Å². The highest BCUT2D eigenvalue weighted by Crippen LogP contribution is 2.12. The summed E-state index contributed by atoms with van der Waals surface area (Å²) in [6.45, 7) is 2.22.